The first-order valence-electron chi connectivity index (χ1n) is 7.94. The van der Waals surface area contributed by atoms with Crippen LogP contribution in [0.3, 0.4) is 0 Å². The van der Waals surface area contributed by atoms with E-state index in [1.54, 1.807) is 0 Å². The van der Waals surface area contributed by atoms with E-state index >= 15 is 0 Å². The number of rotatable bonds is 5. The molecule has 0 unspecified atom stereocenters. The third kappa shape index (κ3) is 5.61. The van der Waals surface area contributed by atoms with Gasteiger partial charge in [0.05, 0.1) is 0 Å². The summed E-state index contributed by atoms with van der Waals surface area (Å²) in [7, 11) is 2.28. The number of halogens is 1. The predicted octanol–water partition coefficient (Wildman–Crippen LogP) is 3.63. The molecule has 120 valence electrons. The van der Waals surface area contributed by atoms with Gasteiger partial charge in [0.15, 0.2) is 0 Å². The Morgan fingerprint density at radius 2 is 1.71 bits per heavy atom. The van der Waals surface area contributed by atoms with E-state index in [-0.39, 0.29) is 17.8 Å². The molecule has 0 aromatic heterocycles. The lowest BCUT2D eigenvalue weighted by Crippen LogP contribution is -2.39. The first-order chi connectivity index (χ1) is 9.47. The molecule has 0 amide bonds. The number of hydrogen-bond acceptors (Lipinski definition) is 2. The molecule has 1 heterocycles. The Kier molecular flexibility index (Phi) is 7.19. The summed E-state index contributed by atoms with van der Waals surface area (Å²) in [5.74, 6) is 0.870. The first kappa shape index (κ1) is 18.5. The van der Waals surface area contributed by atoms with Crippen LogP contribution in [0, 0.1) is 12.8 Å². The topological polar surface area (TPSA) is 15.3 Å². The van der Waals surface area contributed by atoms with Crippen LogP contribution in [0.2, 0.25) is 0 Å². The molecule has 3 heteroatoms. The number of aryl methyl sites for hydroxylation is 1. The Bertz CT molecular complexity index is 408. The van der Waals surface area contributed by atoms with E-state index in [9.17, 15) is 0 Å². The highest BCUT2D eigenvalue weighted by atomic mass is 35.5. The zero-order valence-corrected chi connectivity index (χ0v) is 14.8. The van der Waals surface area contributed by atoms with Crippen molar-refractivity contribution in [3.05, 3.63) is 35.4 Å². The average molecular weight is 311 g/mol. The van der Waals surface area contributed by atoms with Crippen LogP contribution in [-0.2, 0) is 5.41 Å². The normalized spacial score (nSPS) is 16.8. The second-order valence-electron chi connectivity index (χ2n) is 7.14. The maximum atomic E-state index is 3.45. The van der Waals surface area contributed by atoms with Gasteiger partial charge < -0.3 is 10.2 Å². The van der Waals surface area contributed by atoms with Crippen LogP contribution in [0.1, 0.15) is 37.8 Å². The molecule has 0 bridgehead atoms. The SMILES string of the molecule is Cc1ccc(C(C)(C)CN(C)CC2CCNCC2)cc1.Cl. The van der Waals surface area contributed by atoms with Crippen molar-refractivity contribution in [2.45, 2.75) is 39.0 Å². The zero-order valence-electron chi connectivity index (χ0n) is 14.0. The Morgan fingerprint density at radius 3 is 2.29 bits per heavy atom. The van der Waals surface area contributed by atoms with Gasteiger partial charge in [0.25, 0.3) is 0 Å². The highest BCUT2D eigenvalue weighted by Gasteiger charge is 2.24. The zero-order chi connectivity index (χ0) is 14.6. The highest BCUT2D eigenvalue weighted by molar-refractivity contribution is 5.85. The van der Waals surface area contributed by atoms with Crippen molar-refractivity contribution in [2.24, 2.45) is 5.92 Å². The summed E-state index contributed by atoms with van der Waals surface area (Å²) in [4.78, 5) is 2.52. The molecular weight excluding hydrogens is 280 g/mol. The van der Waals surface area contributed by atoms with E-state index in [4.69, 9.17) is 0 Å². The summed E-state index contributed by atoms with van der Waals surface area (Å²) < 4.78 is 0. The number of nitrogens with zero attached hydrogens (tertiary/aromatic N) is 1. The fraction of sp³-hybridized carbons (Fsp3) is 0.667. The Balaban J connectivity index is 0.00000220. The van der Waals surface area contributed by atoms with Crippen LogP contribution in [0.4, 0.5) is 0 Å². The molecule has 1 aromatic rings. The van der Waals surface area contributed by atoms with Crippen LogP contribution >= 0.6 is 12.4 Å². The number of likely N-dealkylation sites (N-methyl/N-ethyl adjacent to an activating group) is 1. The molecular formula is C18H31ClN2. The maximum absolute atomic E-state index is 3.45. The summed E-state index contributed by atoms with van der Waals surface area (Å²) in [6.45, 7) is 11.6. The molecule has 1 saturated heterocycles. The predicted molar refractivity (Wildman–Crippen MR) is 94.5 cm³/mol. The van der Waals surface area contributed by atoms with Gasteiger partial charge in [0, 0.05) is 18.5 Å². The second-order valence-corrected chi connectivity index (χ2v) is 7.14. The minimum atomic E-state index is 0. The van der Waals surface area contributed by atoms with E-state index in [1.807, 2.05) is 0 Å². The average Bonchev–Trinajstić information content (AvgIpc) is 2.39. The summed E-state index contributed by atoms with van der Waals surface area (Å²) in [6.07, 6.45) is 2.66. The molecule has 0 saturated carbocycles. The molecule has 1 fully saturated rings. The van der Waals surface area contributed by atoms with E-state index in [2.05, 4.69) is 62.3 Å². The third-order valence-electron chi connectivity index (χ3n) is 4.53. The molecule has 0 spiro atoms. The van der Waals surface area contributed by atoms with E-state index < -0.39 is 0 Å². The van der Waals surface area contributed by atoms with Gasteiger partial charge in [-0.15, -0.1) is 12.4 Å². The van der Waals surface area contributed by atoms with Crippen LogP contribution in [-0.4, -0.2) is 38.1 Å². The second kappa shape index (κ2) is 8.17. The smallest absolute Gasteiger partial charge is 0.00704 e. The van der Waals surface area contributed by atoms with Crippen molar-refractivity contribution in [1.82, 2.24) is 10.2 Å². The molecule has 0 radical (unpaired) electrons. The standard InChI is InChI=1S/C18H30N2.ClH/c1-15-5-7-17(8-6-15)18(2,3)14-20(4)13-16-9-11-19-12-10-16;/h5-8,16,19H,9-14H2,1-4H3;1H. The van der Waals surface area contributed by atoms with Crippen LogP contribution in [0.25, 0.3) is 0 Å². The maximum Gasteiger partial charge on any atom is 0.00704 e. The molecule has 0 aliphatic carbocycles. The van der Waals surface area contributed by atoms with Crippen molar-refractivity contribution in [1.29, 1.82) is 0 Å². The monoisotopic (exact) mass is 310 g/mol. The van der Waals surface area contributed by atoms with Gasteiger partial charge in [-0.1, -0.05) is 43.7 Å². The molecule has 2 nitrogen and oxygen atoms in total. The Hall–Kier alpha value is -0.570. The van der Waals surface area contributed by atoms with Crippen molar-refractivity contribution < 1.29 is 0 Å². The highest BCUT2D eigenvalue weighted by Crippen LogP contribution is 2.25. The summed E-state index contributed by atoms with van der Waals surface area (Å²) >= 11 is 0. The number of piperidine rings is 1. The van der Waals surface area contributed by atoms with E-state index in [1.165, 1.54) is 43.6 Å². The van der Waals surface area contributed by atoms with Crippen molar-refractivity contribution >= 4 is 12.4 Å². The molecule has 1 aliphatic rings. The largest absolute Gasteiger partial charge is 0.317 e. The molecule has 1 N–H and O–H groups in total. The van der Waals surface area contributed by atoms with Gasteiger partial charge in [-0.3, -0.25) is 0 Å². The molecule has 1 aliphatic heterocycles. The molecule has 1 aromatic carbocycles. The van der Waals surface area contributed by atoms with Crippen LogP contribution in [0.15, 0.2) is 24.3 Å². The quantitative estimate of drug-likeness (QED) is 0.893. The molecule has 21 heavy (non-hydrogen) atoms. The fourth-order valence-electron chi connectivity index (χ4n) is 3.34. The summed E-state index contributed by atoms with van der Waals surface area (Å²) in [5, 5.41) is 3.45. The first-order valence-corrected chi connectivity index (χ1v) is 7.94. The van der Waals surface area contributed by atoms with Gasteiger partial charge in [-0.2, -0.15) is 0 Å². The van der Waals surface area contributed by atoms with E-state index in [0.29, 0.717) is 0 Å². The van der Waals surface area contributed by atoms with Crippen LogP contribution < -0.4 is 5.32 Å². The Morgan fingerprint density at radius 1 is 1.14 bits per heavy atom. The lowest BCUT2D eigenvalue weighted by Gasteiger charge is -2.34. The van der Waals surface area contributed by atoms with Gasteiger partial charge in [-0.05, 0) is 51.4 Å². The van der Waals surface area contributed by atoms with Crippen molar-refractivity contribution in [3.63, 3.8) is 0 Å². The van der Waals surface area contributed by atoms with Crippen LogP contribution in [0.5, 0.6) is 0 Å². The van der Waals surface area contributed by atoms with Gasteiger partial charge in [-0.25, -0.2) is 0 Å². The summed E-state index contributed by atoms with van der Waals surface area (Å²) in [5.41, 5.74) is 3.00. The van der Waals surface area contributed by atoms with Crippen molar-refractivity contribution in [2.75, 3.05) is 33.2 Å². The van der Waals surface area contributed by atoms with Gasteiger partial charge >= 0.3 is 0 Å². The lowest BCUT2D eigenvalue weighted by molar-refractivity contribution is 0.208. The van der Waals surface area contributed by atoms with Crippen molar-refractivity contribution in [3.8, 4) is 0 Å². The lowest BCUT2D eigenvalue weighted by atomic mass is 9.83. The number of nitrogens with one attached hydrogen (secondary N) is 1. The minimum Gasteiger partial charge on any atom is -0.317 e. The summed E-state index contributed by atoms with van der Waals surface area (Å²) in [6, 6.07) is 9.02. The Labute approximate surface area is 136 Å². The minimum absolute atomic E-state index is 0. The fourth-order valence-corrected chi connectivity index (χ4v) is 3.34. The number of benzene rings is 1. The van der Waals surface area contributed by atoms with Gasteiger partial charge in [0.1, 0.15) is 0 Å². The van der Waals surface area contributed by atoms with Gasteiger partial charge in [0.2, 0.25) is 0 Å². The third-order valence-corrected chi connectivity index (χ3v) is 4.53. The van der Waals surface area contributed by atoms with E-state index in [0.717, 1.165) is 12.5 Å². The molecule has 2 rings (SSSR count). The number of hydrogen-bond donors (Lipinski definition) is 1. The molecule has 0 atom stereocenters.